The predicted octanol–water partition coefficient (Wildman–Crippen LogP) is 4.93. The minimum Gasteiger partial charge on any atom is -0.350 e. The van der Waals surface area contributed by atoms with E-state index in [1.165, 1.54) is 39.6 Å². The van der Waals surface area contributed by atoms with E-state index in [2.05, 4.69) is 28.1 Å². The number of nitrogens with zero attached hydrogens (tertiary/aromatic N) is 4. The van der Waals surface area contributed by atoms with E-state index in [0.29, 0.717) is 0 Å². The molecule has 2 aliphatic rings. The molecule has 4 nitrogen and oxygen atoms in total. The first-order chi connectivity index (χ1) is 13.7. The monoisotopic (exact) mass is 408 g/mol. The van der Waals surface area contributed by atoms with E-state index in [-0.39, 0.29) is 0 Å². The summed E-state index contributed by atoms with van der Waals surface area (Å²) >= 11 is 7.82. The number of rotatable bonds is 0. The molecule has 1 aliphatic carbocycles. The van der Waals surface area contributed by atoms with Crippen molar-refractivity contribution in [3.05, 3.63) is 69.5 Å². The van der Waals surface area contributed by atoms with Crippen molar-refractivity contribution in [3.8, 4) is 6.19 Å². The van der Waals surface area contributed by atoms with E-state index in [0.717, 1.165) is 54.7 Å². The molecule has 0 unspecified atom stereocenters. The van der Waals surface area contributed by atoms with Gasteiger partial charge >= 0.3 is 0 Å². The van der Waals surface area contributed by atoms with Crippen LogP contribution in [0.25, 0.3) is 5.57 Å². The lowest BCUT2D eigenvalue weighted by Crippen LogP contribution is -2.35. The van der Waals surface area contributed by atoms with Crippen LogP contribution in [0.1, 0.15) is 35.2 Å². The summed E-state index contributed by atoms with van der Waals surface area (Å²) in [5, 5.41) is 10.5. The number of fused-ring (bicyclic) bond motifs is 2. The Balaban J connectivity index is 1.77. The van der Waals surface area contributed by atoms with Crippen LogP contribution in [0.4, 0.5) is 0 Å². The normalized spacial score (nSPS) is 16.9. The lowest BCUT2D eigenvalue weighted by atomic mass is 9.88. The van der Waals surface area contributed by atoms with E-state index >= 15 is 0 Å². The number of halogens is 1. The van der Waals surface area contributed by atoms with E-state index in [1.807, 2.05) is 30.8 Å². The highest BCUT2D eigenvalue weighted by Gasteiger charge is 2.25. The average Bonchev–Trinajstić information content (AvgIpc) is 2.89. The second kappa shape index (κ2) is 8.38. The van der Waals surface area contributed by atoms with Crippen molar-refractivity contribution in [1.82, 2.24) is 9.88 Å². The van der Waals surface area contributed by atoms with Crippen molar-refractivity contribution in [2.75, 3.05) is 19.3 Å². The number of amidine groups is 1. The third-order valence-corrected chi connectivity index (χ3v) is 6.40. The molecule has 2 heterocycles. The van der Waals surface area contributed by atoms with Crippen LogP contribution in [0.2, 0.25) is 5.02 Å². The molecule has 0 amide bonds. The number of aliphatic imine (C=N–C) groups is 1. The van der Waals surface area contributed by atoms with Crippen molar-refractivity contribution < 1.29 is 0 Å². The van der Waals surface area contributed by atoms with Gasteiger partial charge in [0.2, 0.25) is 6.19 Å². The maximum absolute atomic E-state index is 8.92. The summed E-state index contributed by atoms with van der Waals surface area (Å²) in [7, 11) is 0. The summed E-state index contributed by atoms with van der Waals surface area (Å²) in [6.45, 7) is 1.73. The molecule has 1 aromatic carbocycles. The van der Waals surface area contributed by atoms with Gasteiger partial charge in [0, 0.05) is 29.9 Å². The summed E-state index contributed by atoms with van der Waals surface area (Å²) in [4.78, 5) is 11.0. The van der Waals surface area contributed by atoms with Gasteiger partial charge in [0.05, 0.1) is 5.69 Å². The first kappa shape index (κ1) is 19.0. The fraction of sp³-hybridized carbons (Fsp3) is 0.318. The van der Waals surface area contributed by atoms with Crippen molar-refractivity contribution in [2.24, 2.45) is 4.99 Å². The van der Waals surface area contributed by atoms with Crippen LogP contribution in [0.5, 0.6) is 0 Å². The smallest absolute Gasteiger partial charge is 0.208 e. The van der Waals surface area contributed by atoms with Gasteiger partial charge in [-0.15, -0.1) is 4.99 Å². The Morgan fingerprint density at radius 1 is 1.18 bits per heavy atom. The zero-order chi connectivity index (χ0) is 19.5. The van der Waals surface area contributed by atoms with E-state index < -0.39 is 0 Å². The molecule has 1 aromatic heterocycles. The quantitative estimate of drug-likeness (QED) is 0.352. The zero-order valence-corrected chi connectivity index (χ0v) is 17.4. The number of thioether (sulfide) groups is 1. The fourth-order valence-corrected chi connectivity index (χ4v) is 4.91. The molecule has 28 heavy (non-hydrogen) atoms. The molecule has 2 aromatic rings. The Morgan fingerprint density at radius 3 is 2.71 bits per heavy atom. The summed E-state index contributed by atoms with van der Waals surface area (Å²) in [5.41, 5.74) is 7.69. The molecule has 0 saturated carbocycles. The molecule has 1 saturated heterocycles. The number of aromatic nitrogens is 1. The van der Waals surface area contributed by atoms with Gasteiger partial charge in [-0.1, -0.05) is 41.1 Å². The molecule has 0 N–H and O–H groups in total. The molecule has 4 rings (SSSR count). The number of hydrogen-bond acceptors (Lipinski definition) is 4. The lowest BCUT2D eigenvalue weighted by Gasteiger charge is -2.31. The molecule has 142 valence electrons. The van der Waals surface area contributed by atoms with Gasteiger partial charge in [-0.25, -0.2) is 0 Å². The SMILES string of the molecule is CSC(=NC#N)N1CCC(=C2c3ccc(Cl)cc3CCc3cccnc32)CC1. The fourth-order valence-electron chi connectivity index (χ4n) is 4.14. The Labute approximate surface area is 174 Å². The van der Waals surface area contributed by atoms with E-state index in [9.17, 15) is 0 Å². The second-order valence-electron chi connectivity index (χ2n) is 6.98. The highest BCUT2D eigenvalue weighted by Crippen LogP contribution is 2.38. The van der Waals surface area contributed by atoms with Gasteiger partial charge in [-0.3, -0.25) is 4.98 Å². The maximum atomic E-state index is 8.92. The topological polar surface area (TPSA) is 52.3 Å². The first-order valence-electron chi connectivity index (χ1n) is 9.42. The maximum Gasteiger partial charge on any atom is 0.208 e. The number of nitriles is 1. The first-order valence-corrected chi connectivity index (χ1v) is 11.0. The van der Waals surface area contributed by atoms with E-state index in [4.69, 9.17) is 21.8 Å². The Bertz CT molecular complexity index is 996. The van der Waals surface area contributed by atoms with Crippen LogP contribution in [0.15, 0.2) is 47.1 Å². The molecular formula is C22H21ClN4S. The summed E-state index contributed by atoms with van der Waals surface area (Å²) in [6.07, 6.45) is 9.62. The molecule has 0 radical (unpaired) electrons. The third-order valence-electron chi connectivity index (χ3n) is 5.45. The Hall–Kier alpha value is -2.29. The van der Waals surface area contributed by atoms with Gasteiger partial charge in [0.1, 0.15) is 0 Å². The molecule has 1 aliphatic heterocycles. The molecule has 0 atom stereocenters. The van der Waals surface area contributed by atoms with Gasteiger partial charge in [0.25, 0.3) is 0 Å². The number of benzene rings is 1. The molecule has 6 heteroatoms. The van der Waals surface area contributed by atoms with Gasteiger partial charge < -0.3 is 4.90 Å². The zero-order valence-electron chi connectivity index (χ0n) is 15.8. The number of aryl methyl sites for hydroxylation is 2. The van der Waals surface area contributed by atoms with Crippen LogP contribution in [-0.4, -0.2) is 34.4 Å². The second-order valence-corrected chi connectivity index (χ2v) is 8.19. The summed E-state index contributed by atoms with van der Waals surface area (Å²) in [5.74, 6) is 0. The van der Waals surface area contributed by atoms with Gasteiger partial charge in [0.15, 0.2) is 5.17 Å². The van der Waals surface area contributed by atoms with Gasteiger partial charge in [-0.05, 0) is 66.8 Å². The molecule has 0 spiro atoms. The van der Waals surface area contributed by atoms with Gasteiger partial charge in [-0.2, -0.15) is 5.26 Å². The van der Waals surface area contributed by atoms with Crippen molar-refractivity contribution in [3.63, 3.8) is 0 Å². The molecule has 0 bridgehead atoms. The van der Waals surface area contributed by atoms with Crippen molar-refractivity contribution in [1.29, 1.82) is 5.26 Å². The van der Waals surface area contributed by atoms with Crippen LogP contribution >= 0.6 is 23.4 Å². The van der Waals surface area contributed by atoms with Crippen molar-refractivity contribution >= 4 is 34.1 Å². The number of hydrogen-bond donors (Lipinski definition) is 0. The molecular weight excluding hydrogens is 388 g/mol. The number of pyridine rings is 1. The van der Waals surface area contributed by atoms with E-state index in [1.54, 1.807) is 0 Å². The molecule has 1 fully saturated rings. The average molecular weight is 409 g/mol. The highest BCUT2D eigenvalue weighted by atomic mass is 35.5. The summed E-state index contributed by atoms with van der Waals surface area (Å²) < 4.78 is 0. The minimum atomic E-state index is 0.786. The van der Waals surface area contributed by atoms with Crippen LogP contribution < -0.4 is 0 Å². The number of likely N-dealkylation sites (tertiary alicyclic amines) is 1. The van der Waals surface area contributed by atoms with Crippen LogP contribution in [0.3, 0.4) is 0 Å². The summed E-state index contributed by atoms with van der Waals surface area (Å²) in [6, 6.07) is 10.5. The lowest BCUT2D eigenvalue weighted by molar-refractivity contribution is 0.396. The Morgan fingerprint density at radius 2 is 1.96 bits per heavy atom. The van der Waals surface area contributed by atoms with Crippen LogP contribution in [0, 0.1) is 11.5 Å². The third kappa shape index (κ3) is 3.67. The number of piperidine rings is 1. The van der Waals surface area contributed by atoms with Crippen molar-refractivity contribution in [2.45, 2.75) is 25.7 Å². The Kier molecular flexibility index (Phi) is 5.70. The highest BCUT2D eigenvalue weighted by molar-refractivity contribution is 8.13. The van der Waals surface area contributed by atoms with Crippen LogP contribution in [-0.2, 0) is 12.8 Å². The minimum absolute atomic E-state index is 0.786. The largest absolute Gasteiger partial charge is 0.350 e. The predicted molar refractivity (Wildman–Crippen MR) is 116 cm³/mol. The standard InChI is InChI=1S/C22H21ClN4S/c1-28-22(26-14-24)27-11-8-15(9-12-27)20-19-7-6-18(23)13-17(19)5-4-16-3-2-10-25-21(16)20/h2-3,6-7,10,13H,4-5,8-9,11-12H2,1H3.